The van der Waals surface area contributed by atoms with Crippen molar-refractivity contribution in [2.45, 2.75) is 32.4 Å². The molecule has 1 atom stereocenters. The van der Waals surface area contributed by atoms with Gasteiger partial charge >= 0.3 is 5.97 Å². The van der Waals surface area contributed by atoms with Crippen molar-refractivity contribution in [2.75, 3.05) is 0 Å². The molecule has 21 heavy (non-hydrogen) atoms. The number of benzene rings is 1. The lowest BCUT2D eigenvalue weighted by molar-refractivity contribution is -0.160. The number of aldehydes is 1. The fourth-order valence-electron chi connectivity index (χ4n) is 2.04. The Balaban J connectivity index is 2.33. The summed E-state index contributed by atoms with van der Waals surface area (Å²) in [4.78, 5) is 48.3. The molecule has 6 nitrogen and oxygen atoms in total. The summed E-state index contributed by atoms with van der Waals surface area (Å²) in [5, 5.41) is 0. The number of ether oxygens (including phenoxy) is 1. The van der Waals surface area contributed by atoms with E-state index in [1.54, 1.807) is 32.9 Å². The molecule has 0 aromatic heterocycles. The van der Waals surface area contributed by atoms with Gasteiger partial charge in [0.05, 0.1) is 11.1 Å². The van der Waals surface area contributed by atoms with Crippen LogP contribution in [0, 0.1) is 0 Å². The van der Waals surface area contributed by atoms with Crippen LogP contribution in [0.4, 0.5) is 0 Å². The highest BCUT2D eigenvalue weighted by atomic mass is 16.6. The summed E-state index contributed by atoms with van der Waals surface area (Å²) in [7, 11) is 0. The van der Waals surface area contributed by atoms with E-state index in [0.29, 0.717) is 4.90 Å². The topological polar surface area (TPSA) is 80.8 Å². The number of esters is 1. The van der Waals surface area contributed by atoms with E-state index < -0.39 is 29.4 Å². The summed E-state index contributed by atoms with van der Waals surface area (Å²) in [6, 6.07) is 4.60. The largest absolute Gasteiger partial charge is 0.458 e. The van der Waals surface area contributed by atoms with E-state index in [1.165, 1.54) is 12.1 Å². The first-order valence-corrected chi connectivity index (χ1v) is 6.41. The van der Waals surface area contributed by atoms with Crippen molar-refractivity contribution in [1.29, 1.82) is 0 Å². The van der Waals surface area contributed by atoms with Crippen molar-refractivity contribution in [3.63, 3.8) is 0 Å². The van der Waals surface area contributed by atoms with E-state index in [2.05, 4.69) is 0 Å². The monoisotopic (exact) mass is 289 g/mol. The van der Waals surface area contributed by atoms with Crippen LogP contribution in [0.15, 0.2) is 24.3 Å². The van der Waals surface area contributed by atoms with Gasteiger partial charge in [-0.15, -0.1) is 0 Å². The fourth-order valence-corrected chi connectivity index (χ4v) is 2.04. The van der Waals surface area contributed by atoms with E-state index >= 15 is 0 Å². The Morgan fingerprint density at radius 2 is 1.62 bits per heavy atom. The predicted molar refractivity (Wildman–Crippen MR) is 72.6 cm³/mol. The first kappa shape index (κ1) is 14.9. The van der Waals surface area contributed by atoms with Gasteiger partial charge in [-0.25, -0.2) is 4.79 Å². The van der Waals surface area contributed by atoms with Crippen molar-refractivity contribution in [3.8, 4) is 0 Å². The lowest BCUT2D eigenvalue weighted by Gasteiger charge is -2.25. The molecular weight excluding hydrogens is 274 g/mol. The maximum absolute atomic E-state index is 12.2. The standard InChI is InChI=1S/C15H15NO5/c1-15(2,3)21-14(20)11(8-17)16-12(18)9-6-4-5-7-10(9)13(16)19/h4-8,11H,1-3H3. The number of nitrogens with zero attached hydrogens (tertiary/aromatic N) is 1. The third kappa shape index (κ3) is 2.69. The quantitative estimate of drug-likeness (QED) is 0.361. The highest BCUT2D eigenvalue weighted by Gasteiger charge is 2.44. The number of carbonyl (C=O) groups is 4. The second kappa shape index (κ2) is 5.12. The Morgan fingerprint density at radius 1 is 1.14 bits per heavy atom. The van der Waals surface area contributed by atoms with Gasteiger partial charge in [-0.1, -0.05) is 12.1 Å². The van der Waals surface area contributed by atoms with Crippen molar-refractivity contribution in [3.05, 3.63) is 35.4 Å². The molecule has 0 saturated carbocycles. The fraction of sp³-hybridized carbons (Fsp3) is 0.333. The minimum Gasteiger partial charge on any atom is -0.458 e. The Morgan fingerprint density at radius 3 is 2.00 bits per heavy atom. The van der Waals surface area contributed by atoms with Gasteiger partial charge in [0, 0.05) is 0 Å². The number of amides is 2. The molecule has 0 spiro atoms. The van der Waals surface area contributed by atoms with Gasteiger partial charge in [-0.05, 0) is 32.9 Å². The maximum atomic E-state index is 12.2. The minimum atomic E-state index is -1.57. The number of fused-ring (bicyclic) bond motifs is 1. The van der Waals surface area contributed by atoms with Crippen LogP contribution in [-0.2, 0) is 14.3 Å². The molecule has 1 unspecified atom stereocenters. The van der Waals surface area contributed by atoms with Crippen molar-refractivity contribution in [1.82, 2.24) is 4.90 Å². The molecule has 1 aromatic rings. The van der Waals surface area contributed by atoms with E-state index in [0.717, 1.165) is 0 Å². The molecule has 110 valence electrons. The number of hydrogen-bond donors (Lipinski definition) is 0. The SMILES string of the molecule is CC(C)(C)OC(=O)C(C=O)N1C(=O)c2ccccc2C1=O. The van der Waals surface area contributed by atoms with Crippen LogP contribution in [0.3, 0.4) is 0 Å². The van der Waals surface area contributed by atoms with Gasteiger partial charge in [0.15, 0.2) is 12.3 Å². The second-order valence-electron chi connectivity index (χ2n) is 5.64. The van der Waals surface area contributed by atoms with E-state index in [4.69, 9.17) is 4.74 Å². The maximum Gasteiger partial charge on any atom is 0.337 e. The summed E-state index contributed by atoms with van der Waals surface area (Å²) in [6.07, 6.45) is 0.246. The zero-order valence-corrected chi connectivity index (χ0v) is 12.0. The van der Waals surface area contributed by atoms with Crippen molar-refractivity contribution < 1.29 is 23.9 Å². The Labute approximate surface area is 121 Å². The van der Waals surface area contributed by atoms with Crippen LogP contribution in [-0.4, -0.2) is 40.6 Å². The van der Waals surface area contributed by atoms with Gasteiger partial charge in [-0.2, -0.15) is 0 Å². The molecular formula is C15H15NO5. The van der Waals surface area contributed by atoms with Crippen LogP contribution in [0.2, 0.25) is 0 Å². The van der Waals surface area contributed by atoms with Crippen LogP contribution in [0.25, 0.3) is 0 Å². The molecule has 6 heteroatoms. The molecule has 0 saturated heterocycles. The third-order valence-corrected chi connectivity index (χ3v) is 2.88. The van der Waals surface area contributed by atoms with Crippen molar-refractivity contribution >= 4 is 24.1 Å². The van der Waals surface area contributed by atoms with E-state index in [1.807, 2.05) is 0 Å². The normalized spacial score (nSPS) is 15.7. The minimum absolute atomic E-state index is 0.179. The molecule has 1 aliphatic heterocycles. The highest BCUT2D eigenvalue weighted by Crippen LogP contribution is 2.25. The van der Waals surface area contributed by atoms with Crippen LogP contribution >= 0.6 is 0 Å². The number of hydrogen-bond acceptors (Lipinski definition) is 5. The molecule has 0 aliphatic carbocycles. The van der Waals surface area contributed by atoms with Gasteiger partial charge < -0.3 is 9.53 Å². The molecule has 1 heterocycles. The molecule has 0 bridgehead atoms. The first-order valence-electron chi connectivity index (χ1n) is 6.41. The summed E-state index contributed by atoms with van der Waals surface area (Å²) in [5.74, 6) is -2.26. The Hall–Kier alpha value is -2.50. The van der Waals surface area contributed by atoms with Crippen LogP contribution in [0.5, 0.6) is 0 Å². The molecule has 0 radical (unpaired) electrons. The van der Waals surface area contributed by atoms with E-state index in [-0.39, 0.29) is 17.4 Å². The average molecular weight is 289 g/mol. The van der Waals surface area contributed by atoms with Crippen LogP contribution < -0.4 is 0 Å². The summed E-state index contributed by atoms with van der Waals surface area (Å²) in [5.41, 5.74) is -0.465. The molecule has 2 amide bonds. The van der Waals surface area contributed by atoms with Gasteiger partial charge in [0.1, 0.15) is 5.60 Å². The predicted octanol–water partition coefficient (Wildman–Crippen LogP) is 1.19. The van der Waals surface area contributed by atoms with Gasteiger partial charge in [-0.3, -0.25) is 14.5 Å². The molecule has 0 N–H and O–H groups in total. The summed E-state index contributed by atoms with van der Waals surface area (Å²) < 4.78 is 5.08. The summed E-state index contributed by atoms with van der Waals surface area (Å²) in [6.45, 7) is 4.90. The van der Waals surface area contributed by atoms with Gasteiger partial charge in [0.25, 0.3) is 11.8 Å². The molecule has 2 rings (SSSR count). The number of carbonyl (C=O) groups excluding carboxylic acids is 4. The van der Waals surface area contributed by atoms with E-state index in [9.17, 15) is 19.2 Å². The molecule has 1 aromatic carbocycles. The Kier molecular flexibility index (Phi) is 3.63. The zero-order valence-electron chi connectivity index (χ0n) is 12.0. The average Bonchev–Trinajstić information content (AvgIpc) is 2.64. The number of imide groups is 1. The third-order valence-electron chi connectivity index (χ3n) is 2.88. The smallest absolute Gasteiger partial charge is 0.337 e. The van der Waals surface area contributed by atoms with Crippen molar-refractivity contribution in [2.24, 2.45) is 0 Å². The Bertz CT molecular complexity index is 594. The number of rotatable bonds is 3. The zero-order chi connectivity index (χ0) is 15.8. The van der Waals surface area contributed by atoms with Gasteiger partial charge in [0.2, 0.25) is 0 Å². The lowest BCUT2D eigenvalue weighted by atomic mass is 10.1. The first-order chi connectivity index (χ1) is 9.76. The molecule has 1 aliphatic rings. The lowest BCUT2D eigenvalue weighted by Crippen LogP contribution is -2.48. The highest BCUT2D eigenvalue weighted by molar-refractivity contribution is 6.24. The molecule has 0 fully saturated rings. The summed E-state index contributed by atoms with van der Waals surface area (Å²) >= 11 is 0. The van der Waals surface area contributed by atoms with Crippen LogP contribution in [0.1, 0.15) is 41.5 Å². The second-order valence-corrected chi connectivity index (χ2v) is 5.64.